The maximum atomic E-state index is 12.8. The van der Waals surface area contributed by atoms with Crippen molar-refractivity contribution in [1.29, 1.82) is 0 Å². The van der Waals surface area contributed by atoms with E-state index in [4.69, 9.17) is 0 Å². The van der Waals surface area contributed by atoms with Crippen LogP contribution in [-0.2, 0) is 9.59 Å². The van der Waals surface area contributed by atoms with E-state index in [-0.39, 0.29) is 17.7 Å². The Hall–Kier alpha value is -1.64. The number of carbonyl (C=O) groups is 2. The van der Waals surface area contributed by atoms with Gasteiger partial charge in [-0.2, -0.15) is 0 Å². The molecule has 43 heavy (non-hydrogen) atoms. The summed E-state index contributed by atoms with van der Waals surface area (Å²) in [5.41, 5.74) is 0. The number of allylic oxidation sites excluding steroid dienone is 4. The number of carbonyl (C=O) groups excluding carboxylic acids is 2. The maximum Gasteiger partial charge on any atom is 0.223 e. The Balaban J connectivity index is 1.98. The van der Waals surface area contributed by atoms with E-state index in [0.29, 0.717) is 19.4 Å². The first-order valence-electron chi connectivity index (χ1n) is 19.0. The van der Waals surface area contributed by atoms with Crippen LogP contribution in [0.5, 0.6) is 0 Å². The fraction of sp³-hybridized carbons (Fsp3) is 0.800. The van der Waals surface area contributed by atoms with Crippen LogP contribution in [-0.4, -0.2) is 29.2 Å². The highest BCUT2D eigenvalue weighted by Gasteiger charge is 2.29. The molecule has 0 radical (unpaired) electrons. The summed E-state index contributed by atoms with van der Waals surface area (Å²) in [6, 6.07) is -0.313. The Morgan fingerprint density at radius 3 is 1.35 bits per heavy atom. The summed E-state index contributed by atoms with van der Waals surface area (Å²) in [6.45, 7) is 5.15. The Morgan fingerprint density at radius 1 is 0.535 bits per heavy atom. The number of nitrogens with zero attached hydrogens (tertiary/aromatic N) is 1. The quantitative estimate of drug-likeness (QED) is 0.0589. The number of hydrogen-bond donors (Lipinski definition) is 0. The van der Waals surface area contributed by atoms with Gasteiger partial charge in [0.25, 0.3) is 0 Å². The molecule has 3 heteroatoms. The van der Waals surface area contributed by atoms with Crippen LogP contribution < -0.4 is 0 Å². The Bertz CT molecular complexity index is 737. The van der Waals surface area contributed by atoms with Crippen molar-refractivity contribution < 1.29 is 9.59 Å². The summed E-state index contributed by atoms with van der Waals surface area (Å²) in [5.74, 6) is 0.384. The van der Waals surface area contributed by atoms with Gasteiger partial charge < -0.3 is 4.90 Å². The summed E-state index contributed by atoms with van der Waals surface area (Å²) < 4.78 is 0. The zero-order valence-corrected chi connectivity index (χ0v) is 28.8. The molecule has 0 aromatic rings. The summed E-state index contributed by atoms with van der Waals surface area (Å²) in [5, 5.41) is 0. The molecule has 1 amide bonds. The van der Waals surface area contributed by atoms with Crippen LogP contribution in [0.25, 0.3) is 0 Å². The SMILES string of the molecule is CCCCCCCCC=CCCCCCCCC(=O)C1C=CCN1C(=O)CCCCCCCC=CCCCCCCCC. The average molecular weight is 598 g/mol. The van der Waals surface area contributed by atoms with Crippen molar-refractivity contribution in [1.82, 2.24) is 4.90 Å². The van der Waals surface area contributed by atoms with Gasteiger partial charge in [0.15, 0.2) is 5.78 Å². The van der Waals surface area contributed by atoms with E-state index in [0.717, 1.165) is 25.7 Å². The lowest BCUT2D eigenvalue weighted by Gasteiger charge is -2.23. The third-order valence-electron chi connectivity index (χ3n) is 8.94. The highest BCUT2D eigenvalue weighted by Crippen LogP contribution is 2.18. The van der Waals surface area contributed by atoms with Crippen molar-refractivity contribution in [3.8, 4) is 0 Å². The lowest BCUT2D eigenvalue weighted by molar-refractivity contribution is -0.136. The second-order valence-corrected chi connectivity index (χ2v) is 13.1. The van der Waals surface area contributed by atoms with Crippen LogP contribution >= 0.6 is 0 Å². The molecule has 0 bridgehead atoms. The molecule has 1 aliphatic heterocycles. The van der Waals surface area contributed by atoms with Gasteiger partial charge >= 0.3 is 0 Å². The van der Waals surface area contributed by atoms with Crippen molar-refractivity contribution >= 4 is 11.7 Å². The first kappa shape index (κ1) is 39.4. The predicted octanol–water partition coefficient (Wildman–Crippen LogP) is 12.4. The minimum Gasteiger partial charge on any atom is -0.325 e. The van der Waals surface area contributed by atoms with Gasteiger partial charge in [0.05, 0.1) is 0 Å². The molecule has 0 aromatic carbocycles. The standard InChI is InChI=1S/C40H71NO2/c1-3-5-7-9-11-13-15-17-19-21-23-25-27-29-31-35-39(42)38-34-33-37-41(38)40(43)36-32-30-28-26-24-22-20-18-16-14-12-10-8-6-4-2/h17-20,33-34,38H,3-16,21-32,35-37H2,1-2H3. The second-order valence-electron chi connectivity index (χ2n) is 13.1. The third-order valence-corrected chi connectivity index (χ3v) is 8.94. The summed E-state index contributed by atoms with van der Waals surface area (Å²) in [7, 11) is 0. The number of rotatable bonds is 31. The summed E-state index contributed by atoms with van der Waals surface area (Å²) >= 11 is 0. The Labute approximate surface area is 268 Å². The Morgan fingerprint density at radius 2 is 0.907 bits per heavy atom. The van der Waals surface area contributed by atoms with E-state index in [2.05, 4.69) is 38.2 Å². The number of Topliss-reactive ketones (excluding diaryl/α,β-unsaturated/α-hetero) is 1. The van der Waals surface area contributed by atoms with E-state index < -0.39 is 0 Å². The van der Waals surface area contributed by atoms with Crippen LogP contribution in [0.3, 0.4) is 0 Å². The van der Waals surface area contributed by atoms with Crippen molar-refractivity contribution in [2.45, 2.75) is 200 Å². The first-order chi connectivity index (χ1) is 21.2. The van der Waals surface area contributed by atoms with Crippen LogP contribution in [0.1, 0.15) is 194 Å². The van der Waals surface area contributed by atoms with Crippen molar-refractivity contribution in [3.63, 3.8) is 0 Å². The molecule has 1 rings (SSSR count). The molecule has 1 aliphatic rings. The van der Waals surface area contributed by atoms with Crippen LogP contribution in [0, 0.1) is 0 Å². The normalized spacial score (nSPS) is 15.0. The van der Waals surface area contributed by atoms with Gasteiger partial charge in [-0.15, -0.1) is 0 Å². The highest BCUT2D eigenvalue weighted by atomic mass is 16.2. The van der Waals surface area contributed by atoms with E-state index >= 15 is 0 Å². The van der Waals surface area contributed by atoms with Gasteiger partial charge in [-0.3, -0.25) is 9.59 Å². The third kappa shape index (κ3) is 23.4. The van der Waals surface area contributed by atoms with Gasteiger partial charge in [-0.25, -0.2) is 0 Å². The van der Waals surface area contributed by atoms with Crippen LogP contribution in [0.15, 0.2) is 36.5 Å². The topological polar surface area (TPSA) is 37.4 Å². The molecule has 0 aromatic heterocycles. The van der Waals surface area contributed by atoms with E-state index in [1.165, 1.54) is 141 Å². The summed E-state index contributed by atoms with van der Waals surface area (Å²) in [6.07, 6.45) is 47.5. The minimum absolute atomic E-state index is 0.158. The summed E-state index contributed by atoms with van der Waals surface area (Å²) in [4.78, 5) is 27.5. The smallest absolute Gasteiger partial charge is 0.223 e. The molecule has 0 fully saturated rings. The van der Waals surface area contributed by atoms with Crippen molar-refractivity contribution in [2.75, 3.05) is 6.54 Å². The lowest BCUT2D eigenvalue weighted by atomic mass is 10.0. The molecule has 0 spiro atoms. The van der Waals surface area contributed by atoms with Crippen molar-refractivity contribution in [3.05, 3.63) is 36.5 Å². The number of unbranched alkanes of at least 4 members (excludes halogenated alkanes) is 22. The molecule has 0 saturated carbocycles. The molecular formula is C40H71NO2. The van der Waals surface area contributed by atoms with Crippen molar-refractivity contribution in [2.24, 2.45) is 0 Å². The molecule has 3 nitrogen and oxygen atoms in total. The molecule has 1 unspecified atom stereocenters. The molecule has 248 valence electrons. The first-order valence-corrected chi connectivity index (χ1v) is 19.0. The zero-order valence-electron chi connectivity index (χ0n) is 28.8. The van der Waals surface area contributed by atoms with E-state index in [1.807, 2.05) is 17.1 Å². The zero-order chi connectivity index (χ0) is 31.1. The fourth-order valence-corrected chi connectivity index (χ4v) is 6.07. The monoisotopic (exact) mass is 598 g/mol. The van der Waals surface area contributed by atoms with E-state index in [1.54, 1.807) is 0 Å². The van der Waals surface area contributed by atoms with Gasteiger partial charge in [-0.05, 0) is 64.2 Å². The second kappa shape index (κ2) is 30.4. The van der Waals surface area contributed by atoms with Gasteiger partial charge in [-0.1, -0.05) is 153 Å². The van der Waals surface area contributed by atoms with Gasteiger partial charge in [0, 0.05) is 19.4 Å². The maximum absolute atomic E-state index is 12.8. The molecule has 0 N–H and O–H groups in total. The van der Waals surface area contributed by atoms with Crippen LogP contribution in [0.2, 0.25) is 0 Å². The molecule has 0 saturated heterocycles. The van der Waals surface area contributed by atoms with Crippen LogP contribution in [0.4, 0.5) is 0 Å². The molecule has 0 aliphatic carbocycles. The predicted molar refractivity (Wildman–Crippen MR) is 189 cm³/mol. The van der Waals surface area contributed by atoms with E-state index in [9.17, 15) is 9.59 Å². The number of amides is 1. The lowest BCUT2D eigenvalue weighted by Crippen LogP contribution is -2.40. The minimum atomic E-state index is -0.313. The highest BCUT2D eigenvalue weighted by molar-refractivity contribution is 5.91. The van der Waals surface area contributed by atoms with Gasteiger partial charge in [0.1, 0.15) is 6.04 Å². The number of ketones is 1. The molecule has 1 heterocycles. The molecule has 1 atom stereocenters. The Kier molecular flexibility index (Phi) is 27.8. The van der Waals surface area contributed by atoms with Gasteiger partial charge in [0.2, 0.25) is 5.91 Å². The largest absolute Gasteiger partial charge is 0.325 e. The fourth-order valence-electron chi connectivity index (χ4n) is 6.07. The molecular weight excluding hydrogens is 526 g/mol. The number of hydrogen-bond acceptors (Lipinski definition) is 2. The average Bonchev–Trinajstić information content (AvgIpc) is 3.51.